The van der Waals surface area contributed by atoms with E-state index in [1.165, 1.54) is 12.1 Å². The Labute approximate surface area is 117 Å². The molecule has 104 valence electrons. The first-order valence-corrected chi connectivity index (χ1v) is 6.53. The predicted molar refractivity (Wildman–Crippen MR) is 74.9 cm³/mol. The summed E-state index contributed by atoms with van der Waals surface area (Å²) in [6.45, 7) is 1.55. The van der Waals surface area contributed by atoms with E-state index in [1.807, 2.05) is 0 Å². The maximum Gasteiger partial charge on any atom is 0.273 e. The number of rotatable bonds is 5. The van der Waals surface area contributed by atoms with Gasteiger partial charge in [-0.25, -0.2) is 8.78 Å². The van der Waals surface area contributed by atoms with Crippen molar-refractivity contribution >= 4 is 5.78 Å². The summed E-state index contributed by atoms with van der Waals surface area (Å²) < 4.78 is 28.3. The van der Waals surface area contributed by atoms with Crippen LogP contribution in [-0.2, 0) is 5.92 Å². The molecule has 0 spiro atoms. The molecule has 0 fully saturated rings. The standard InChI is InChI=1S/C17H16F2O/c1-13(16(20)14-8-4-2-5-9-14)12-17(18,19)15-10-6-3-7-11-15/h2-11,13H,12H2,1H3. The fourth-order valence-corrected chi connectivity index (χ4v) is 2.16. The summed E-state index contributed by atoms with van der Waals surface area (Å²) in [7, 11) is 0. The Morgan fingerprint density at radius 3 is 2.05 bits per heavy atom. The number of hydrogen-bond acceptors (Lipinski definition) is 1. The first-order chi connectivity index (χ1) is 9.50. The zero-order valence-electron chi connectivity index (χ0n) is 11.2. The van der Waals surface area contributed by atoms with E-state index in [-0.39, 0.29) is 11.3 Å². The average Bonchev–Trinajstić information content (AvgIpc) is 2.48. The lowest BCUT2D eigenvalue weighted by molar-refractivity contribution is -0.0245. The highest BCUT2D eigenvalue weighted by Gasteiger charge is 2.35. The van der Waals surface area contributed by atoms with Gasteiger partial charge < -0.3 is 0 Å². The van der Waals surface area contributed by atoms with Crippen LogP contribution in [0, 0.1) is 5.92 Å². The van der Waals surface area contributed by atoms with Crippen molar-refractivity contribution in [1.29, 1.82) is 0 Å². The molecule has 0 saturated heterocycles. The van der Waals surface area contributed by atoms with E-state index in [0.717, 1.165) is 0 Å². The third kappa shape index (κ3) is 3.29. The van der Waals surface area contributed by atoms with Crippen molar-refractivity contribution < 1.29 is 13.6 Å². The van der Waals surface area contributed by atoms with Crippen LogP contribution >= 0.6 is 0 Å². The molecule has 2 aromatic carbocycles. The van der Waals surface area contributed by atoms with Crippen molar-refractivity contribution in [3.63, 3.8) is 0 Å². The van der Waals surface area contributed by atoms with Crippen LogP contribution in [0.15, 0.2) is 60.7 Å². The molecule has 3 heteroatoms. The Morgan fingerprint density at radius 1 is 1.00 bits per heavy atom. The molecule has 2 rings (SSSR count). The maximum absolute atomic E-state index is 14.1. The predicted octanol–water partition coefficient (Wildman–Crippen LogP) is 4.69. The molecule has 1 nitrogen and oxygen atoms in total. The number of alkyl halides is 2. The molecule has 0 aliphatic carbocycles. The van der Waals surface area contributed by atoms with E-state index in [9.17, 15) is 13.6 Å². The zero-order valence-corrected chi connectivity index (χ0v) is 11.2. The minimum absolute atomic E-state index is 0.0484. The summed E-state index contributed by atoms with van der Waals surface area (Å²) in [4.78, 5) is 12.1. The van der Waals surface area contributed by atoms with Gasteiger partial charge in [0.25, 0.3) is 5.92 Å². The van der Waals surface area contributed by atoms with Gasteiger partial charge in [-0.15, -0.1) is 0 Å². The molecule has 0 bridgehead atoms. The number of Topliss-reactive ketones (excluding diaryl/α,β-unsaturated/α-hetero) is 1. The van der Waals surface area contributed by atoms with Gasteiger partial charge in [0.05, 0.1) is 0 Å². The van der Waals surface area contributed by atoms with Crippen LogP contribution in [0.4, 0.5) is 8.78 Å². The molecule has 0 aliphatic rings. The Balaban J connectivity index is 2.11. The van der Waals surface area contributed by atoms with Crippen molar-refractivity contribution in [3.05, 3.63) is 71.8 Å². The quantitative estimate of drug-likeness (QED) is 0.723. The highest BCUT2D eigenvalue weighted by atomic mass is 19.3. The first-order valence-electron chi connectivity index (χ1n) is 6.53. The Kier molecular flexibility index (Phi) is 4.28. The number of hydrogen-bond donors (Lipinski definition) is 0. The smallest absolute Gasteiger partial charge is 0.273 e. The van der Waals surface area contributed by atoms with Gasteiger partial charge in [-0.1, -0.05) is 67.6 Å². The highest BCUT2D eigenvalue weighted by Crippen LogP contribution is 2.35. The highest BCUT2D eigenvalue weighted by molar-refractivity contribution is 5.97. The molecule has 0 saturated carbocycles. The van der Waals surface area contributed by atoms with Gasteiger partial charge in [0.2, 0.25) is 0 Å². The molecule has 1 unspecified atom stereocenters. The monoisotopic (exact) mass is 274 g/mol. The molecule has 0 aromatic heterocycles. The third-order valence-electron chi connectivity index (χ3n) is 3.26. The van der Waals surface area contributed by atoms with Gasteiger partial charge >= 0.3 is 0 Å². The molecule has 0 N–H and O–H groups in total. The average molecular weight is 274 g/mol. The number of carbonyl (C=O) groups excluding carboxylic acids is 1. The summed E-state index contributed by atoms with van der Waals surface area (Å²) in [6.07, 6.45) is -0.481. The van der Waals surface area contributed by atoms with Crippen molar-refractivity contribution in [1.82, 2.24) is 0 Å². The van der Waals surface area contributed by atoms with Gasteiger partial charge in [-0.05, 0) is 0 Å². The lowest BCUT2D eigenvalue weighted by atomic mass is 9.91. The molecule has 0 aliphatic heterocycles. The molecular formula is C17H16F2O. The molecule has 1 atom stereocenters. The van der Waals surface area contributed by atoms with Crippen LogP contribution in [-0.4, -0.2) is 5.78 Å². The molecule has 0 radical (unpaired) electrons. The lowest BCUT2D eigenvalue weighted by Gasteiger charge is -2.20. The third-order valence-corrected chi connectivity index (χ3v) is 3.26. The lowest BCUT2D eigenvalue weighted by Crippen LogP contribution is -2.22. The van der Waals surface area contributed by atoms with Crippen LogP contribution in [0.25, 0.3) is 0 Å². The second-order valence-electron chi connectivity index (χ2n) is 4.91. The van der Waals surface area contributed by atoms with Crippen LogP contribution in [0.1, 0.15) is 29.3 Å². The summed E-state index contributed by atoms with van der Waals surface area (Å²) in [5.41, 5.74) is 0.427. The zero-order chi connectivity index (χ0) is 14.6. The van der Waals surface area contributed by atoms with Gasteiger partial charge in [-0.3, -0.25) is 4.79 Å². The molecule has 0 amide bonds. The second-order valence-corrected chi connectivity index (χ2v) is 4.91. The minimum atomic E-state index is -2.99. The van der Waals surface area contributed by atoms with Crippen molar-refractivity contribution in [2.24, 2.45) is 5.92 Å². The van der Waals surface area contributed by atoms with Gasteiger partial charge in [-0.2, -0.15) is 0 Å². The van der Waals surface area contributed by atoms with E-state index < -0.39 is 18.3 Å². The minimum Gasteiger partial charge on any atom is -0.294 e. The van der Waals surface area contributed by atoms with E-state index in [2.05, 4.69) is 0 Å². The Morgan fingerprint density at radius 2 is 1.50 bits per heavy atom. The van der Waals surface area contributed by atoms with Crippen molar-refractivity contribution in [2.75, 3.05) is 0 Å². The fourth-order valence-electron chi connectivity index (χ4n) is 2.16. The summed E-state index contributed by atoms with van der Waals surface area (Å²) >= 11 is 0. The Hall–Kier alpha value is -2.03. The number of benzene rings is 2. The van der Waals surface area contributed by atoms with Gasteiger partial charge in [0.1, 0.15) is 0 Å². The van der Waals surface area contributed by atoms with Crippen molar-refractivity contribution in [3.8, 4) is 0 Å². The van der Waals surface area contributed by atoms with Crippen LogP contribution in [0.3, 0.4) is 0 Å². The van der Waals surface area contributed by atoms with Crippen molar-refractivity contribution in [2.45, 2.75) is 19.3 Å². The summed E-state index contributed by atoms with van der Waals surface area (Å²) in [5.74, 6) is -3.97. The maximum atomic E-state index is 14.1. The normalized spacial score (nSPS) is 12.9. The fraction of sp³-hybridized carbons (Fsp3) is 0.235. The van der Waals surface area contributed by atoms with Crippen LogP contribution in [0.2, 0.25) is 0 Å². The molecule has 0 heterocycles. The first kappa shape index (κ1) is 14.4. The topological polar surface area (TPSA) is 17.1 Å². The number of ketones is 1. The summed E-state index contributed by atoms with van der Waals surface area (Å²) in [5, 5.41) is 0. The second kappa shape index (κ2) is 5.95. The molecule has 2 aromatic rings. The van der Waals surface area contributed by atoms with E-state index in [4.69, 9.17) is 0 Å². The molecular weight excluding hydrogens is 258 g/mol. The van der Waals surface area contributed by atoms with Crippen LogP contribution in [0.5, 0.6) is 0 Å². The van der Waals surface area contributed by atoms with E-state index in [1.54, 1.807) is 55.5 Å². The molecule has 20 heavy (non-hydrogen) atoms. The summed E-state index contributed by atoms with van der Waals surface area (Å²) in [6, 6.07) is 16.2. The van der Waals surface area contributed by atoms with Gasteiger partial charge in [0.15, 0.2) is 5.78 Å². The van der Waals surface area contributed by atoms with E-state index in [0.29, 0.717) is 5.56 Å². The number of carbonyl (C=O) groups is 1. The number of halogens is 2. The Bertz CT molecular complexity index is 564. The SMILES string of the molecule is CC(CC(F)(F)c1ccccc1)C(=O)c1ccccc1. The van der Waals surface area contributed by atoms with E-state index >= 15 is 0 Å². The largest absolute Gasteiger partial charge is 0.294 e. The van der Waals surface area contributed by atoms with Gasteiger partial charge in [0, 0.05) is 23.5 Å². The van der Waals surface area contributed by atoms with Crippen LogP contribution < -0.4 is 0 Å².